The molecule has 0 unspecified atom stereocenters. The maximum atomic E-state index is 12.2. The largest absolute Gasteiger partial charge is 0.454 e. The molecule has 4 rings (SSSR count). The van der Waals surface area contributed by atoms with Crippen molar-refractivity contribution in [2.75, 3.05) is 22.7 Å². The lowest BCUT2D eigenvalue weighted by Gasteiger charge is -2.11. The third kappa shape index (κ3) is 4.03. The molecule has 0 saturated heterocycles. The van der Waals surface area contributed by atoms with Gasteiger partial charge in [0.1, 0.15) is 18.0 Å². The zero-order valence-corrected chi connectivity index (χ0v) is 15.7. The summed E-state index contributed by atoms with van der Waals surface area (Å²) in [6, 6.07) is 11.4. The monoisotopic (exact) mass is 417 g/mol. The highest BCUT2D eigenvalue weighted by Gasteiger charge is 2.14. The number of anilines is 4. The molecule has 142 valence electrons. The Labute approximate surface area is 169 Å². The molecule has 28 heavy (non-hydrogen) atoms. The van der Waals surface area contributed by atoms with Crippen LogP contribution in [0.1, 0.15) is 0 Å². The van der Waals surface area contributed by atoms with E-state index in [0.717, 1.165) is 5.69 Å². The molecule has 1 aliphatic heterocycles. The van der Waals surface area contributed by atoms with Crippen LogP contribution in [0.15, 0.2) is 48.8 Å². The second kappa shape index (κ2) is 7.79. The summed E-state index contributed by atoms with van der Waals surface area (Å²) in [5.41, 5.74) is 1.07. The quantitative estimate of drug-likeness (QED) is 0.558. The second-order valence-electron chi connectivity index (χ2n) is 5.66. The lowest BCUT2D eigenvalue weighted by molar-refractivity contribution is 0.174. The number of fused-ring (bicyclic) bond motifs is 1. The Morgan fingerprint density at radius 2 is 1.68 bits per heavy atom. The van der Waals surface area contributed by atoms with Crippen LogP contribution in [0.4, 0.5) is 27.8 Å². The molecule has 3 N–H and O–H groups in total. The van der Waals surface area contributed by atoms with Crippen LogP contribution >= 0.6 is 23.2 Å². The van der Waals surface area contributed by atoms with Gasteiger partial charge in [-0.3, -0.25) is 5.32 Å². The molecule has 0 bridgehead atoms. The number of halogens is 2. The fourth-order valence-electron chi connectivity index (χ4n) is 2.49. The summed E-state index contributed by atoms with van der Waals surface area (Å²) < 4.78 is 10.6. The Bertz CT molecular complexity index is 1030. The van der Waals surface area contributed by atoms with Crippen LogP contribution in [0, 0.1) is 0 Å². The molecule has 0 atom stereocenters. The average molecular weight is 418 g/mol. The third-order valence-corrected chi connectivity index (χ3v) is 4.38. The molecule has 0 saturated carbocycles. The highest BCUT2D eigenvalue weighted by atomic mass is 35.5. The van der Waals surface area contributed by atoms with Gasteiger partial charge in [0.2, 0.25) is 6.79 Å². The van der Waals surface area contributed by atoms with E-state index in [9.17, 15) is 4.79 Å². The summed E-state index contributed by atoms with van der Waals surface area (Å²) >= 11 is 12.1. The number of hydrogen-bond donors (Lipinski definition) is 3. The maximum absolute atomic E-state index is 12.2. The van der Waals surface area contributed by atoms with Crippen LogP contribution in [0.2, 0.25) is 10.0 Å². The number of para-hydroxylation sites is 1. The molecule has 3 aromatic rings. The SMILES string of the molecule is O=C(Nc1cc(Nc2ccc3c(c2)OCO3)ncn1)Nc1c(Cl)cccc1Cl. The number of ether oxygens (including phenoxy) is 2. The van der Waals surface area contributed by atoms with Gasteiger partial charge in [0.25, 0.3) is 0 Å². The second-order valence-corrected chi connectivity index (χ2v) is 6.47. The van der Waals surface area contributed by atoms with Crippen molar-refractivity contribution in [3.05, 3.63) is 58.8 Å². The Morgan fingerprint density at radius 1 is 0.929 bits per heavy atom. The van der Waals surface area contributed by atoms with Gasteiger partial charge < -0.3 is 20.1 Å². The van der Waals surface area contributed by atoms with E-state index in [4.69, 9.17) is 32.7 Å². The van der Waals surface area contributed by atoms with Crippen molar-refractivity contribution < 1.29 is 14.3 Å². The molecule has 2 aromatic carbocycles. The molecule has 2 amide bonds. The molecule has 10 heteroatoms. The number of carbonyl (C=O) groups is 1. The lowest BCUT2D eigenvalue weighted by Crippen LogP contribution is -2.20. The van der Waals surface area contributed by atoms with Gasteiger partial charge in [0.15, 0.2) is 11.5 Å². The molecule has 0 fully saturated rings. The first-order valence-electron chi connectivity index (χ1n) is 8.09. The maximum Gasteiger partial charge on any atom is 0.324 e. The molecular weight excluding hydrogens is 405 g/mol. The summed E-state index contributed by atoms with van der Waals surface area (Å²) in [5.74, 6) is 2.11. The third-order valence-electron chi connectivity index (χ3n) is 3.75. The van der Waals surface area contributed by atoms with Crippen molar-refractivity contribution in [3.63, 3.8) is 0 Å². The van der Waals surface area contributed by atoms with Gasteiger partial charge in [-0.15, -0.1) is 0 Å². The van der Waals surface area contributed by atoms with Crippen molar-refractivity contribution >= 4 is 52.2 Å². The minimum absolute atomic E-state index is 0.199. The van der Waals surface area contributed by atoms with Crippen molar-refractivity contribution in [3.8, 4) is 11.5 Å². The Kier molecular flexibility index (Phi) is 5.05. The normalized spacial score (nSPS) is 11.8. The lowest BCUT2D eigenvalue weighted by atomic mass is 10.3. The molecule has 1 aliphatic rings. The van der Waals surface area contributed by atoms with E-state index in [1.54, 1.807) is 36.4 Å². The fourth-order valence-corrected chi connectivity index (χ4v) is 2.99. The summed E-state index contributed by atoms with van der Waals surface area (Å²) in [5, 5.41) is 8.98. The zero-order chi connectivity index (χ0) is 19.5. The van der Waals surface area contributed by atoms with Crippen LogP contribution in [-0.4, -0.2) is 22.8 Å². The highest BCUT2D eigenvalue weighted by Crippen LogP contribution is 2.35. The first-order chi connectivity index (χ1) is 13.6. The number of benzene rings is 2. The van der Waals surface area contributed by atoms with Crippen LogP contribution in [0.25, 0.3) is 0 Å². The summed E-state index contributed by atoms with van der Waals surface area (Å²) in [7, 11) is 0. The van der Waals surface area contributed by atoms with Gasteiger partial charge in [-0.05, 0) is 24.3 Å². The van der Waals surface area contributed by atoms with Gasteiger partial charge >= 0.3 is 6.03 Å². The molecule has 8 nitrogen and oxygen atoms in total. The standard InChI is InChI=1S/C18H13Cl2N5O3/c19-11-2-1-3-12(20)17(11)25-18(26)24-16-7-15(21-8-22-16)23-10-4-5-13-14(6-10)28-9-27-13/h1-8H,9H2,(H3,21,22,23,24,25,26). The van der Waals surface area contributed by atoms with Gasteiger partial charge in [-0.1, -0.05) is 29.3 Å². The predicted molar refractivity (Wildman–Crippen MR) is 107 cm³/mol. The smallest absolute Gasteiger partial charge is 0.324 e. The molecule has 0 radical (unpaired) electrons. The number of amides is 2. The zero-order valence-electron chi connectivity index (χ0n) is 14.2. The summed E-state index contributed by atoms with van der Waals surface area (Å²) in [6.45, 7) is 0.199. The number of aromatic nitrogens is 2. The van der Waals surface area contributed by atoms with Crippen LogP contribution in [0.3, 0.4) is 0 Å². The Morgan fingerprint density at radius 3 is 2.50 bits per heavy atom. The topological polar surface area (TPSA) is 97.4 Å². The van der Waals surface area contributed by atoms with Crippen LogP contribution in [0.5, 0.6) is 11.5 Å². The van der Waals surface area contributed by atoms with Crippen LogP contribution < -0.4 is 25.4 Å². The molecular formula is C18H13Cl2N5O3. The number of hydrogen-bond acceptors (Lipinski definition) is 6. The number of urea groups is 1. The van der Waals surface area contributed by atoms with Gasteiger partial charge in [0, 0.05) is 17.8 Å². The Hall–Kier alpha value is -3.23. The van der Waals surface area contributed by atoms with E-state index in [0.29, 0.717) is 38.9 Å². The number of rotatable bonds is 4. The van der Waals surface area contributed by atoms with E-state index in [2.05, 4.69) is 25.9 Å². The predicted octanol–water partition coefficient (Wildman–Crippen LogP) is 4.90. The molecule has 0 spiro atoms. The number of nitrogens with one attached hydrogen (secondary N) is 3. The van der Waals surface area contributed by atoms with E-state index < -0.39 is 6.03 Å². The van der Waals surface area contributed by atoms with E-state index in [1.165, 1.54) is 6.33 Å². The van der Waals surface area contributed by atoms with E-state index in [-0.39, 0.29) is 6.79 Å². The number of carbonyl (C=O) groups excluding carboxylic acids is 1. The fraction of sp³-hybridized carbons (Fsp3) is 0.0556. The van der Waals surface area contributed by atoms with Crippen LogP contribution in [-0.2, 0) is 0 Å². The first kappa shape index (κ1) is 18.1. The van der Waals surface area contributed by atoms with Crippen molar-refractivity contribution in [2.45, 2.75) is 0 Å². The molecule has 2 heterocycles. The minimum atomic E-state index is -0.539. The molecule has 1 aromatic heterocycles. The van der Waals surface area contributed by atoms with Gasteiger partial charge in [0.05, 0.1) is 15.7 Å². The minimum Gasteiger partial charge on any atom is -0.454 e. The van der Waals surface area contributed by atoms with Gasteiger partial charge in [-0.2, -0.15) is 0 Å². The van der Waals surface area contributed by atoms with Crippen molar-refractivity contribution in [1.82, 2.24) is 9.97 Å². The van der Waals surface area contributed by atoms with Gasteiger partial charge in [-0.25, -0.2) is 14.8 Å². The highest BCUT2D eigenvalue weighted by molar-refractivity contribution is 6.39. The summed E-state index contributed by atoms with van der Waals surface area (Å²) in [4.78, 5) is 20.4. The van der Waals surface area contributed by atoms with E-state index in [1.807, 2.05) is 6.07 Å². The average Bonchev–Trinajstić information content (AvgIpc) is 3.13. The van der Waals surface area contributed by atoms with E-state index >= 15 is 0 Å². The summed E-state index contributed by atoms with van der Waals surface area (Å²) in [6.07, 6.45) is 1.33. The van der Waals surface area contributed by atoms with Crippen molar-refractivity contribution in [1.29, 1.82) is 0 Å². The van der Waals surface area contributed by atoms with Crippen molar-refractivity contribution in [2.24, 2.45) is 0 Å². The number of nitrogens with zero attached hydrogens (tertiary/aromatic N) is 2. The first-order valence-corrected chi connectivity index (χ1v) is 8.85. The molecule has 0 aliphatic carbocycles. The Balaban J connectivity index is 1.44.